The molecule has 106 valence electrons. The largest absolute Gasteiger partial charge is 0.416 e. The molecule has 0 nitrogen and oxygen atoms in total. The predicted molar refractivity (Wildman–Crippen MR) is 77.6 cm³/mol. The minimum absolute atomic E-state index is 0.593. The number of aryl methyl sites for hydroxylation is 1. The number of hydrogen-bond acceptors (Lipinski definition) is 1. The highest BCUT2D eigenvalue weighted by atomic mass is 32.2. The predicted octanol–water partition coefficient (Wildman–Crippen LogP) is 5.45. The molecule has 0 radical (unpaired) electrons. The van der Waals surface area contributed by atoms with Gasteiger partial charge >= 0.3 is 6.18 Å². The summed E-state index contributed by atoms with van der Waals surface area (Å²) < 4.78 is 37.3. The number of rotatable bonds is 4. The number of thioether (sulfide) groups is 1. The molecular formula is C16H15F3S. The van der Waals surface area contributed by atoms with E-state index < -0.39 is 11.7 Å². The third-order valence-corrected chi connectivity index (χ3v) is 4.01. The highest BCUT2D eigenvalue weighted by Gasteiger charge is 2.29. The van der Waals surface area contributed by atoms with Gasteiger partial charge in [-0.1, -0.05) is 42.0 Å². The van der Waals surface area contributed by atoms with Gasteiger partial charge in [-0.25, -0.2) is 0 Å². The van der Waals surface area contributed by atoms with Gasteiger partial charge in [-0.05, 0) is 30.2 Å². The molecule has 2 aromatic carbocycles. The van der Waals surface area contributed by atoms with E-state index in [0.717, 1.165) is 23.4 Å². The van der Waals surface area contributed by atoms with Crippen LogP contribution in [0.4, 0.5) is 13.2 Å². The molecule has 20 heavy (non-hydrogen) atoms. The smallest absolute Gasteiger partial charge is 0.166 e. The van der Waals surface area contributed by atoms with Crippen LogP contribution in [0.1, 0.15) is 22.3 Å². The summed E-state index contributed by atoms with van der Waals surface area (Å²) in [5, 5.41) is 0. The van der Waals surface area contributed by atoms with Crippen molar-refractivity contribution in [3.63, 3.8) is 0 Å². The summed E-state index contributed by atoms with van der Waals surface area (Å²) in [4.78, 5) is 0. The fraction of sp³-hybridized carbons (Fsp3) is 0.250. The van der Waals surface area contributed by atoms with Crippen molar-refractivity contribution in [2.45, 2.75) is 24.6 Å². The van der Waals surface area contributed by atoms with Crippen LogP contribution < -0.4 is 0 Å². The summed E-state index contributed by atoms with van der Waals surface area (Å²) >= 11 is 1.70. The van der Waals surface area contributed by atoms with Gasteiger partial charge in [-0.2, -0.15) is 24.9 Å². The zero-order valence-corrected chi connectivity index (χ0v) is 11.9. The number of alkyl halides is 3. The molecule has 0 spiro atoms. The Labute approximate surface area is 121 Å². The average molecular weight is 296 g/mol. The second-order valence-corrected chi connectivity index (χ2v) is 5.66. The van der Waals surface area contributed by atoms with Crippen LogP contribution in [0.5, 0.6) is 0 Å². The topological polar surface area (TPSA) is 0 Å². The van der Waals surface area contributed by atoms with E-state index in [-0.39, 0.29) is 0 Å². The zero-order valence-electron chi connectivity index (χ0n) is 11.1. The Balaban J connectivity index is 1.87. The maximum absolute atomic E-state index is 12.4. The fourth-order valence-corrected chi connectivity index (χ4v) is 2.72. The molecule has 0 unspecified atom stereocenters. The first-order valence-corrected chi connectivity index (χ1v) is 7.40. The molecule has 4 heteroatoms. The summed E-state index contributed by atoms with van der Waals surface area (Å²) in [7, 11) is 0. The molecule has 0 fully saturated rings. The van der Waals surface area contributed by atoms with Crippen LogP contribution in [0.3, 0.4) is 0 Å². The molecule has 0 aliphatic carbocycles. The maximum Gasteiger partial charge on any atom is 0.416 e. The normalized spacial score (nSPS) is 11.6. The Morgan fingerprint density at radius 2 is 1.25 bits per heavy atom. The molecule has 0 aliphatic heterocycles. The minimum Gasteiger partial charge on any atom is -0.166 e. The van der Waals surface area contributed by atoms with Gasteiger partial charge in [0.1, 0.15) is 0 Å². The lowest BCUT2D eigenvalue weighted by Gasteiger charge is -2.07. The van der Waals surface area contributed by atoms with Gasteiger partial charge in [0.2, 0.25) is 0 Å². The van der Waals surface area contributed by atoms with Crippen molar-refractivity contribution in [1.29, 1.82) is 0 Å². The SMILES string of the molecule is Cc1ccc(CSCc2ccc(C(F)(F)F)cc2)cc1. The molecule has 0 saturated heterocycles. The molecular weight excluding hydrogens is 281 g/mol. The van der Waals surface area contributed by atoms with Gasteiger partial charge in [0.25, 0.3) is 0 Å². The van der Waals surface area contributed by atoms with E-state index >= 15 is 0 Å². The second-order valence-electron chi connectivity index (χ2n) is 4.67. The van der Waals surface area contributed by atoms with Crippen LogP contribution >= 0.6 is 11.8 Å². The van der Waals surface area contributed by atoms with Gasteiger partial charge in [-0.15, -0.1) is 0 Å². The molecule has 0 amide bonds. The Kier molecular flexibility index (Phi) is 4.76. The first kappa shape index (κ1) is 15.0. The number of halogens is 3. The molecule has 2 aromatic rings. The lowest BCUT2D eigenvalue weighted by Crippen LogP contribution is -2.04. The van der Waals surface area contributed by atoms with Crippen molar-refractivity contribution >= 4 is 11.8 Å². The number of hydrogen-bond donors (Lipinski definition) is 0. The van der Waals surface area contributed by atoms with Crippen LogP contribution in [-0.4, -0.2) is 0 Å². The Morgan fingerprint density at radius 1 is 0.800 bits per heavy atom. The van der Waals surface area contributed by atoms with E-state index in [1.807, 2.05) is 6.92 Å². The van der Waals surface area contributed by atoms with E-state index in [4.69, 9.17) is 0 Å². The van der Waals surface area contributed by atoms with Crippen molar-refractivity contribution in [2.24, 2.45) is 0 Å². The molecule has 0 atom stereocenters. The lowest BCUT2D eigenvalue weighted by atomic mass is 10.1. The minimum atomic E-state index is -4.26. The quantitative estimate of drug-likeness (QED) is 0.723. The average Bonchev–Trinajstić information content (AvgIpc) is 2.41. The molecule has 0 aliphatic rings. The maximum atomic E-state index is 12.4. The van der Waals surface area contributed by atoms with Crippen molar-refractivity contribution in [3.05, 3.63) is 70.8 Å². The first-order valence-electron chi connectivity index (χ1n) is 6.24. The summed E-state index contributed by atoms with van der Waals surface area (Å²) in [5.41, 5.74) is 2.77. The van der Waals surface area contributed by atoms with Crippen molar-refractivity contribution in [2.75, 3.05) is 0 Å². The van der Waals surface area contributed by atoms with Crippen molar-refractivity contribution < 1.29 is 13.2 Å². The summed E-state index contributed by atoms with van der Waals surface area (Å²) in [6, 6.07) is 13.7. The van der Waals surface area contributed by atoms with Crippen LogP contribution in [0.2, 0.25) is 0 Å². The van der Waals surface area contributed by atoms with Gasteiger partial charge in [0, 0.05) is 11.5 Å². The van der Waals surface area contributed by atoms with E-state index in [9.17, 15) is 13.2 Å². The summed E-state index contributed by atoms with van der Waals surface area (Å²) in [6.07, 6.45) is -4.26. The molecule has 0 N–H and O–H groups in total. The van der Waals surface area contributed by atoms with Crippen LogP contribution in [0.25, 0.3) is 0 Å². The lowest BCUT2D eigenvalue weighted by molar-refractivity contribution is -0.137. The third-order valence-electron chi connectivity index (χ3n) is 2.94. The monoisotopic (exact) mass is 296 g/mol. The summed E-state index contributed by atoms with van der Waals surface area (Å²) in [6.45, 7) is 2.04. The standard InChI is InChI=1S/C16H15F3S/c1-12-2-4-13(5-3-12)10-20-11-14-6-8-15(9-7-14)16(17,18)19/h2-9H,10-11H2,1H3. The van der Waals surface area contributed by atoms with Crippen LogP contribution in [0.15, 0.2) is 48.5 Å². The molecule has 0 heterocycles. The highest BCUT2D eigenvalue weighted by Crippen LogP contribution is 2.29. The van der Waals surface area contributed by atoms with E-state index in [2.05, 4.69) is 24.3 Å². The Hall–Kier alpha value is -1.42. The third kappa shape index (κ3) is 4.30. The van der Waals surface area contributed by atoms with Gasteiger partial charge in [-0.3, -0.25) is 0 Å². The van der Waals surface area contributed by atoms with Crippen molar-refractivity contribution in [3.8, 4) is 0 Å². The second kappa shape index (κ2) is 6.35. The molecule has 2 rings (SSSR count). The Morgan fingerprint density at radius 3 is 1.70 bits per heavy atom. The first-order chi connectivity index (χ1) is 9.45. The number of benzene rings is 2. The molecule has 0 saturated carbocycles. The van der Waals surface area contributed by atoms with Gasteiger partial charge < -0.3 is 0 Å². The van der Waals surface area contributed by atoms with Gasteiger partial charge in [0.05, 0.1) is 5.56 Å². The molecule has 0 aromatic heterocycles. The summed E-state index contributed by atoms with van der Waals surface area (Å²) in [5.74, 6) is 1.58. The van der Waals surface area contributed by atoms with Crippen molar-refractivity contribution in [1.82, 2.24) is 0 Å². The Bertz CT molecular complexity index is 541. The van der Waals surface area contributed by atoms with Gasteiger partial charge in [0.15, 0.2) is 0 Å². The van der Waals surface area contributed by atoms with E-state index in [0.29, 0.717) is 5.75 Å². The van der Waals surface area contributed by atoms with Crippen LogP contribution in [0, 0.1) is 6.92 Å². The fourth-order valence-electron chi connectivity index (χ4n) is 1.76. The molecule has 0 bridgehead atoms. The van der Waals surface area contributed by atoms with E-state index in [1.165, 1.54) is 11.1 Å². The highest BCUT2D eigenvalue weighted by molar-refractivity contribution is 7.97. The van der Waals surface area contributed by atoms with Crippen LogP contribution in [-0.2, 0) is 17.7 Å². The zero-order chi connectivity index (χ0) is 14.6. The van der Waals surface area contributed by atoms with E-state index in [1.54, 1.807) is 23.9 Å².